The van der Waals surface area contributed by atoms with E-state index in [9.17, 15) is 0 Å². The van der Waals surface area contributed by atoms with Gasteiger partial charge in [0.05, 0.1) is 0 Å². The van der Waals surface area contributed by atoms with Gasteiger partial charge in [0.2, 0.25) is 0 Å². The van der Waals surface area contributed by atoms with Crippen LogP contribution in [0.5, 0.6) is 0 Å². The van der Waals surface area contributed by atoms with Crippen LogP contribution in [0, 0.1) is 10.8 Å². The fourth-order valence-corrected chi connectivity index (χ4v) is 3.01. The topological polar surface area (TPSA) is 3.24 Å². The molecule has 2 aliphatic rings. The summed E-state index contributed by atoms with van der Waals surface area (Å²) in [4.78, 5) is 2.64. The van der Waals surface area contributed by atoms with Crippen molar-refractivity contribution in [1.29, 1.82) is 0 Å². The van der Waals surface area contributed by atoms with Crippen molar-refractivity contribution in [2.45, 2.75) is 65.8 Å². The molecule has 1 heteroatoms. The minimum Gasteiger partial charge on any atom is -0.297 e. The monoisotopic (exact) mass is 209 g/mol. The maximum atomic E-state index is 2.64. The zero-order valence-corrected chi connectivity index (χ0v) is 11.2. The second kappa shape index (κ2) is 3.23. The van der Waals surface area contributed by atoms with Crippen molar-refractivity contribution >= 4 is 0 Å². The quantitative estimate of drug-likeness (QED) is 0.588. The molecule has 0 radical (unpaired) electrons. The Kier molecular flexibility index (Phi) is 2.46. The van der Waals surface area contributed by atoms with Crippen molar-refractivity contribution in [1.82, 2.24) is 4.90 Å². The molecule has 0 aromatic heterocycles. The molecule has 1 nitrogen and oxygen atoms in total. The smallest absolute Gasteiger partial charge is 0.0125 e. The van der Waals surface area contributed by atoms with Crippen molar-refractivity contribution in [2.24, 2.45) is 10.8 Å². The van der Waals surface area contributed by atoms with Crippen LogP contribution in [0.15, 0.2) is 0 Å². The molecule has 1 spiro atoms. The molecule has 88 valence electrons. The van der Waals surface area contributed by atoms with E-state index in [2.05, 4.69) is 39.5 Å². The highest BCUT2D eigenvalue weighted by Gasteiger charge is 2.49. The van der Waals surface area contributed by atoms with E-state index in [0.717, 1.165) is 0 Å². The molecule has 0 aromatic rings. The minimum atomic E-state index is 0.387. The third kappa shape index (κ3) is 2.22. The van der Waals surface area contributed by atoms with Crippen LogP contribution in [-0.2, 0) is 0 Å². The molecular formula is C14H27N. The zero-order chi connectivity index (χ0) is 11.3. The molecule has 1 aliphatic heterocycles. The fourth-order valence-electron chi connectivity index (χ4n) is 3.01. The van der Waals surface area contributed by atoms with Gasteiger partial charge in [0.1, 0.15) is 0 Å². The van der Waals surface area contributed by atoms with Crippen LogP contribution in [0.2, 0.25) is 0 Å². The van der Waals surface area contributed by atoms with E-state index in [0.29, 0.717) is 16.4 Å². The number of likely N-dealkylation sites (tertiary alicyclic amines) is 1. The molecule has 0 unspecified atom stereocenters. The van der Waals surface area contributed by atoms with Gasteiger partial charge in [-0.15, -0.1) is 0 Å². The molecule has 1 aliphatic carbocycles. The van der Waals surface area contributed by atoms with E-state index >= 15 is 0 Å². The summed E-state index contributed by atoms with van der Waals surface area (Å²) in [5.41, 5.74) is 1.72. The summed E-state index contributed by atoms with van der Waals surface area (Å²) >= 11 is 0. The normalized spacial score (nSPS) is 30.2. The molecule has 1 saturated carbocycles. The van der Waals surface area contributed by atoms with Crippen LogP contribution in [0.3, 0.4) is 0 Å². The van der Waals surface area contributed by atoms with Gasteiger partial charge in [0, 0.05) is 18.6 Å². The second-order valence-corrected chi connectivity index (χ2v) is 7.69. The molecular weight excluding hydrogens is 182 g/mol. The van der Waals surface area contributed by atoms with Gasteiger partial charge in [0.15, 0.2) is 0 Å². The van der Waals surface area contributed by atoms with Crippen LogP contribution in [0.25, 0.3) is 0 Å². The average molecular weight is 209 g/mol. The molecule has 2 fully saturated rings. The molecule has 1 saturated heterocycles. The first kappa shape index (κ1) is 11.4. The van der Waals surface area contributed by atoms with Gasteiger partial charge < -0.3 is 0 Å². The number of rotatable bonds is 0. The summed E-state index contributed by atoms with van der Waals surface area (Å²) in [6.07, 6.45) is 5.80. The van der Waals surface area contributed by atoms with Gasteiger partial charge in [-0.25, -0.2) is 0 Å². The van der Waals surface area contributed by atoms with Gasteiger partial charge in [-0.1, -0.05) is 13.8 Å². The van der Waals surface area contributed by atoms with E-state index < -0.39 is 0 Å². The highest BCUT2D eigenvalue weighted by Crippen LogP contribution is 2.51. The molecule has 0 N–H and O–H groups in total. The third-order valence-electron chi connectivity index (χ3n) is 4.67. The van der Waals surface area contributed by atoms with Crippen LogP contribution in [0.4, 0.5) is 0 Å². The van der Waals surface area contributed by atoms with Gasteiger partial charge in [-0.2, -0.15) is 0 Å². The number of hydrogen-bond acceptors (Lipinski definition) is 1. The van der Waals surface area contributed by atoms with Crippen LogP contribution in [-0.4, -0.2) is 23.5 Å². The van der Waals surface area contributed by atoms with E-state index in [-0.39, 0.29) is 0 Å². The SMILES string of the molecule is CC1(C)CCC2(CC1)CN(C(C)(C)C)C2. The van der Waals surface area contributed by atoms with Crippen molar-refractivity contribution in [3.63, 3.8) is 0 Å². The summed E-state index contributed by atoms with van der Waals surface area (Å²) in [6.45, 7) is 14.6. The van der Waals surface area contributed by atoms with E-state index in [1.165, 1.54) is 38.8 Å². The first-order valence-electron chi connectivity index (χ1n) is 6.48. The Morgan fingerprint density at radius 1 is 0.867 bits per heavy atom. The van der Waals surface area contributed by atoms with Gasteiger partial charge in [-0.3, -0.25) is 4.90 Å². The highest BCUT2D eigenvalue weighted by molar-refractivity contribution is 5.02. The van der Waals surface area contributed by atoms with Crippen LogP contribution < -0.4 is 0 Å². The summed E-state index contributed by atoms with van der Waals surface area (Å²) in [7, 11) is 0. The Morgan fingerprint density at radius 2 is 1.33 bits per heavy atom. The Labute approximate surface area is 95.2 Å². The van der Waals surface area contributed by atoms with Gasteiger partial charge >= 0.3 is 0 Å². The molecule has 0 bridgehead atoms. The molecule has 0 aromatic carbocycles. The molecule has 2 rings (SSSR count). The maximum absolute atomic E-state index is 2.64. The Morgan fingerprint density at radius 3 is 1.73 bits per heavy atom. The Bertz CT molecular complexity index is 229. The summed E-state index contributed by atoms with van der Waals surface area (Å²) in [5.74, 6) is 0. The lowest BCUT2D eigenvalue weighted by Crippen LogP contribution is -2.63. The predicted octanol–water partition coefficient (Wildman–Crippen LogP) is 3.69. The lowest BCUT2D eigenvalue weighted by atomic mass is 9.61. The largest absolute Gasteiger partial charge is 0.297 e. The molecule has 0 amide bonds. The first-order chi connectivity index (χ1) is 6.73. The summed E-state index contributed by atoms with van der Waals surface area (Å²) in [6, 6.07) is 0. The fraction of sp³-hybridized carbons (Fsp3) is 1.00. The average Bonchev–Trinajstić information content (AvgIpc) is 1.98. The maximum Gasteiger partial charge on any atom is 0.0125 e. The number of nitrogens with zero attached hydrogens (tertiary/aromatic N) is 1. The summed E-state index contributed by atoms with van der Waals surface area (Å²) < 4.78 is 0. The Balaban J connectivity index is 1.89. The lowest BCUT2D eigenvalue weighted by molar-refractivity contribution is -0.0931. The highest BCUT2D eigenvalue weighted by atomic mass is 15.3. The zero-order valence-electron chi connectivity index (χ0n) is 11.2. The third-order valence-corrected chi connectivity index (χ3v) is 4.67. The molecule has 15 heavy (non-hydrogen) atoms. The number of hydrogen-bond donors (Lipinski definition) is 0. The van der Waals surface area contributed by atoms with Crippen LogP contribution in [0.1, 0.15) is 60.3 Å². The predicted molar refractivity (Wildman–Crippen MR) is 66.0 cm³/mol. The van der Waals surface area contributed by atoms with Crippen molar-refractivity contribution in [2.75, 3.05) is 13.1 Å². The molecule has 1 heterocycles. The van der Waals surface area contributed by atoms with E-state index in [1.807, 2.05) is 0 Å². The van der Waals surface area contributed by atoms with Crippen molar-refractivity contribution in [3.8, 4) is 0 Å². The van der Waals surface area contributed by atoms with E-state index in [1.54, 1.807) is 0 Å². The van der Waals surface area contributed by atoms with Crippen LogP contribution >= 0.6 is 0 Å². The minimum absolute atomic E-state index is 0.387. The van der Waals surface area contributed by atoms with Crippen molar-refractivity contribution < 1.29 is 0 Å². The Hall–Kier alpha value is -0.0400. The molecule has 0 atom stereocenters. The van der Waals surface area contributed by atoms with Gasteiger partial charge in [-0.05, 0) is 57.3 Å². The van der Waals surface area contributed by atoms with Gasteiger partial charge in [0.25, 0.3) is 0 Å². The summed E-state index contributed by atoms with van der Waals surface area (Å²) in [5, 5.41) is 0. The lowest BCUT2D eigenvalue weighted by Gasteiger charge is -2.59. The second-order valence-electron chi connectivity index (χ2n) is 7.69. The standard InChI is InChI=1S/C14H27N/c1-12(2,3)15-10-14(11-15)8-6-13(4,5)7-9-14/h6-11H2,1-5H3. The first-order valence-corrected chi connectivity index (χ1v) is 6.48. The van der Waals surface area contributed by atoms with Crippen molar-refractivity contribution in [3.05, 3.63) is 0 Å². The van der Waals surface area contributed by atoms with E-state index in [4.69, 9.17) is 0 Å².